The number of hydrogen-bond donors (Lipinski definition) is 1. The molecule has 0 bridgehead atoms. The molecule has 23 heavy (non-hydrogen) atoms. The average molecular weight is 321 g/mol. The fraction of sp³-hybridized carbons (Fsp3) is 0.278. The highest BCUT2D eigenvalue weighted by Crippen LogP contribution is 2.29. The third-order valence-corrected chi connectivity index (χ3v) is 3.57. The van der Waals surface area contributed by atoms with E-state index in [4.69, 9.17) is 0 Å². The van der Waals surface area contributed by atoms with Crippen molar-refractivity contribution >= 4 is 5.91 Å². The van der Waals surface area contributed by atoms with Gasteiger partial charge in [0, 0.05) is 12.1 Å². The Hall–Kier alpha value is -2.30. The van der Waals surface area contributed by atoms with Crippen molar-refractivity contribution in [2.75, 3.05) is 0 Å². The van der Waals surface area contributed by atoms with E-state index in [0.29, 0.717) is 12.5 Å². The molecule has 1 N–H and O–H groups in total. The predicted octanol–water partition coefficient (Wildman–Crippen LogP) is 4.76. The van der Waals surface area contributed by atoms with Crippen molar-refractivity contribution < 1.29 is 18.0 Å². The second-order valence-corrected chi connectivity index (χ2v) is 5.65. The van der Waals surface area contributed by atoms with E-state index in [-0.39, 0.29) is 5.56 Å². The summed E-state index contributed by atoms with van der Waals surface area (Å²) in [5, 5.41) is 2.70. The van der Waals surface area contributed by atoms with Crippen LogP contribution in [0.5, 0.6) is 0 Å². The summed E-state index contributed by atoms with van der Waals surface area (Å²) in [7, 11) is 0. The number of rotatable bonds is 4. The summed E-state index contributed by atoms with van der Waals surface area (Å²) in [6, 6.07) is 12.1. The largest absolute Gasteiger partial charge is 0.416 e. The first-order valence-electron chi connectivity index (χ1n) is 7.31. The highest BCUT2D eigenvalue weighted by Gasteiger charge is 2.30. The molecule has 0 heterocycles. The molecule has 2 aromatic rings. The van der Waals surface area contributed by atoms with Gasteiger partial charge in [0.25, 0.3) is 5.91 Å². The smallest absolute Gasteiger partial charge is 0.348 e. The van der Waals surface area contributed by atoms with Gasteiger partial charge in [0.05, 0.1) is 5.56 Å². The van der Waals surface area contributed by atoms with Crippen LogP contribution in [0.15, 0.2) is 48.5 Å². The SMILES string of the molecule is CC(C)c1ccc(CNC(=O)c2ccc(C(F)(F)F)cc2)cc1. The van der Waals surface area contributed by atoms with Crippen LogP contribution in [0, 0.1) is 0 Å². The molecule has 0 aliphatic rings. The second kappa shape index (κ2) is 6.86. The number of carbonyl (C=O) groups excluding carboxylic acids is 1. The first-order chi connectivity index (χ1) is 10.8. The maximum Gasteiger partial charge on any atom is 0.416 e. The Bertz CT molecular complexity index is 658. The molecule has 0 spiro atoms. The normalized spacial score (nSPS) is 11.6. The number of hydrogen-bond acceptors (Lipinski definition) is 1. The summed E-state index contributed by atoms with van der Waals surface area (Å²) < 4.78 is 37.4. The third-order valence-electron chi connectivity index (χ3n) is 3.57. The van der Waals surface area contributed by atoms with Crippen LogP contribution < -0.4 is 5.32 Å². The third kappa shape index (κ3) is 4.58. The Morgan fingerprint density at radius 2 is 1.57 bits per heavy atom. The van der Waals surface area contributed by atoms with Crippen molar-refractivity contribution in [1.29, 1.82) is 0 Å². The standard InChI is InChI=1S/C18H18F3NO/c1-12(2)14-5-3-13(4-6-14)11-22-17(23)15-7-9-16(10-8-15)18(19,20)21/h3-10,12H,11H2,1-2H3,(H,22,23). The van der Waals surface area contributed by atoms with Crippen LogP contribution in [0.3, 0.4) is 0 Å². The van der Waals surface area contributed by atoms with Crippen LogP contribution in [0.25, 0.3) is 0 Å². The zero-order valence-corrected chi connectivity index (χ0v) is 12.9. The quantitative estimate of drug-likeness (QED) is 0.864. The number of benzene rings is 2. The van der Waals surface area contributed by atoms with Crippen molar-refractivity contribution in [2.24, 2.45) is 0 Å². The van der Waals surface area contributed by atoms with Gasteiger partial charge in [0.2, 0.25) is 0 Å². The number of halogens is 3. The summed E-state index contributed by atoms with van der Waals surface area (Å²) in [6.07, 6.45) is -4.40. The van der Waals surface area contributed by atoms with Crippen LogP contribution in [0.1, 0.15) is 46.8 Å². The molecule has 2 rings (SSSR count). The minimum absolute atomic E-state index is 0.205. The maximum atomic E-state index is 12.5. The van der Waals surface area contributed by atoms with E-state index in [0.717, 1.165) is 17.7 Å². The van der Waals surface area contributed by atoms with Gasteiger partial charge < -0.3 is 5.32 Å². The van der Waals surface area contributed by atoms with Crippen molar-refractivity contribution in [2.45, 2.75) is 32.5 Å². The van der Waals surface area contributed by atoms with Crippen LogP contribution in [0.2, 0.25) is 0 Å². The maximum absolute atomic E-state index is 12.5. The lowest BCUT2D eigenvalue weighted by Crippen LogP contribution is -2.22. The lowest BCUT2D eigenvalue weighted by Gasteiger charge is -2.09. The van der Waals surface area contributed by atoms with Gasteiger partial charge in [0.1, 0.15) is 0 Å². The molecule has 0 unspecified atom stereocenters. The summed E-state index contributed by atoms with van der Waals surface area (Å²) in [5.41, 5.74) is 1.59. The van der Waals surface area contributed by atoms with E-state index < -0.39 is 17.6 Å². The van der Waals surface area contributed by atoms with Crippen LogP contribution in [0.4, 0.5) is 13.2 Å². The second-order valence-electron chi connectivity index (χ2n) is 5.65. The van der Waals surface area contributed by atoms with E-state index in [9.17, 15) is 18.0 Å². The highest BCUT2D eigenvalue weighted by molar-refractivity contribution is 5.94. The zero-order valence-electron chi connectivity index (χ0n) is 12.9. The van der Waals surface area contributed by atoms with E-state index in [2.05, 4.69) is 19.2 Å². The molecule has 0 radical (unpaired) electrons. The lowest BCUT2D eigenvalue weighted by atomic mass is 10.0. The van der Waals surface area contributed by atoms with Gasteiger partial charge in [-0.3, -0.25) is 4.79 Å². The van der Waals surface area contributed by atoms with Gasteiger partial charge in [-0.25, -0.2) is 0 Å². The number of nitrogens with one attached hydrogen (secondary N) is 1. The summed E-state index contributed by atoms with van der Waals surface area (Å²) in [6.45, 7) is 4.53. The molecule has 0 aromatic heterocycles. The summed E-state index contributed by atoms with van der Waals surface area (Å²) >= 11 is 0. The summed E-state index contributed by atoms with van der Waals surface area (Å²) in [4.78, 5) is 12.0. The zero-order chi connectivity index (χ0) is 17.0. The van der Waals surface area contributed by atoms with Crippen molar-refractivity contribution in [3.8, 4) is 0 Å². The van der Waals surface area contributed by atoms with Crippen molar-refractivity contribution in [1.82, 2.24) is 5.32 Å². The number of amides is 1. The van der Waals surface area contributed by atoms with Crippen LogP contribution in [-0.2, 0) is 12.7 Å². The van der Waals surface area contributed by atoms with E-state index in [1.165, 1.54) is 17.7 Å². The Morgan fingerprint density at radius 3 is 2.04 bits per heavy atom. The fourth-order valence-corrected chi connectivity index (χ4v) is 2.12. The Kier molecular flexibility index (Phi) is 5.08. The summed E-state index contributed by atoms with van der Waals surface area (Å²) in [5.74, 6) is 0.0393. The monoisotopic (exact) mass is 321 g/mol. The van der Waals surface area contributed by atoms with Crippen molar-refractivity contribution in [3.05, 3.63) is 70.8 Å². The molecule has 2 nitrogen and oxygen atoms in total. The van der Waals surface area contributed by atoms with Crippen molar-refractivity contribution in [3.63, 3.8) is 0 Å². The van der Waals surface area contributed by atoms with Gasteiger partial charge in [-0.15, -0.1) is 0 Å². The molecule has 0 saturated heterocycles. The van der Waals surface area contributed by atoms with Crippen LogP contribution in [-0.4, -0.2) is 5.91 Å². The molecule has 1 amide bonds. The van der Waals surface area contributed by atoms with Crippen LogP contribution >= 0.6 is 0 Å². The first kappa shape index (κ1) is 17.1. The Balaban J connectivity index is 1.96. The first-order valence-corrected chi connectivity index (χ1v) is 7.31. The molecule has 0 fully saturated rings. The van der Waals surface area contributed by atoms with E-state index in [1.54, 1.807) is 0 Å². The van der Waals surface area contributed by atoms with Gasteiger partial charge >= 0.3 is 6.18 Å². The Labute approximate surface area is 133 Å². The van der Waals surface area contributed by atoms with E-state index in [1.807, 2.05) is 24.3 Å². The van der Waals surface area contributed by atoms with Gasteiger partial charge in [0.15, 0.2) is 0 Å². The fourth-order valence-electron chi connectivity index (χ4n) is 2.12. The number of carbonyl (C=O) groups is 1. The minimum atomic E-state index is -4.40. The lowest BCUT2D eigenvalue weighted by molar-refractivity contribution is -0.137. The Morgan fingerprint density at radius 1 is 1.00 bits per heavy atom. The van der Waals surface area contributed by atoms with Gasteiger partial charge in [-0.05, 0) is 41.3 Å². The molecular weight excluding hydrogens is 303 g/mol. The molecule has 2 aromatic carbocycles. The average Bonchev–Trinajstić information content (AvgIpc) is 2.52. The number of alkyl halides is 3. The van der Waals surface area contributed by atoms with E-state index >= 15 is 0 Å². The molecular formula is C18H18F3NO. The highest BCUT2D eigenvalue weighted by atomic mass is 19.4. The molecule has 0 saturated carbocycles. The molecule has 0 atom stereocenters. The molecule has 0 aliphatic heterocycles. The molecule has 5 heteroatoms. The van der Waals surface area contributed by atoms with Gasteiger partial charge in [-0.1, -0.05) is 38.1 Å². The predicted molar refractivity (Wildman–Crippen MR) is 83.1 cm³/mol. The topological polar surface area (TPSA) is 29.1 Å². The molecule has 0 aliphatic carbocycles. The molecule has 122 valence electrons. The minimum Gasteiger partial charge on any atom is -0.348 e. The van der Waals surface area contributed by atoms with Gasteiger partial charge in [-0.2, -0.15) is 13.2 Å².